The van der Waals surface area contributed by atoms with Gasteiger partial charge < -0.3 is 15.2 Å². The number of hydrogen-bond donors (Lipinski definition) is 3. The number of aromatic nitrogens is 2. The zero-order valence-corrected chi connectivity index (χ0v) is 16.6. The van der Waals surface area contributed by atoms with Gasteiger partial charge in [-0.1, -0.05) is 26.0 Å². The lowest BCUT2D eigenvalue weighted by molar-refractivity contribution is -0.275. The molecule has 1 aliphatic carbocycles. The first-order valence-electron chi connectivity index (χ1n) is 9.34. The minimum absolute atomic E-state index is 0.116. The number of nitrogens with zero attached hydrogens (tertiary/aromatic N) is 1. The summed E-state index contributed by atoms with van der Waals surface area (Å²) < 4.78 is 62.3. The van der Waals surface area contributed by atoms with Gasteiger partial charge in [0.05, 0.1) is 24.9 Å². The van der Waals surface area contributed by atoms with Crippen molar-refractivity contribution in [2.24, 2.45) is 0 Å². The zero-order chi connectivity index (χ0) is 21.9. The Labute approximate surface area is 170 Å². The highest BCUT2D eigenvalue weighted by molar-refractivity contribution is 5.91. The highest BCUT2D eigenvalue weighted by Crippen LogP contribution is 2.56. The Morgan fingerprint density at radius 2 is 1.97 bits per heavy atom. The van der Waals surface area contributed by atoms with E-state index in [2.05, 4.69) is 15.5 Å². The van der Waals surface area contributed by atoms with Gasteiger partial charge in [-0.05, 0) is 35.6 Å². The lowest BCUT2D eigenvalue weighted by atomic mass is 9.63. The number of hydrogen-bond acceptors (Lipinski definition) is 4. The number of benzene rings is 2. The second-order valence-corrected chi connectivity index (χ2v) is 8.24. The van der Waals surface area contributed by atoms with Gasteiger partial charge in [0.15, 0.2) is 17.2 Å². The highest BCUT2D eigenvalue weighted by Gasteiger charge is 2.64. The molecule has 0 radical (unpaired) electrons. The molecule has 9 heteroatoms. The molecule has 0 spiro atoms. The van der Waals surface area contributed by atoms with Crippen LogP contribution in [-0.2, 0) is 5.41 Å². The third-order valence-corrected chi connectivity index (χ3v) is 5.80. The van der Waals surface area contributed by atoms with Crippen LogP contribution >= 0.6 is 0 Å². The summed E-state index contributed by atoms with van der Waals surface area (Å²) >= 11 is 0. The first kappa shape index (κ1) is 20.5. The molecule has 0 bridgehead atoms. The largest absolute Gasteiger partial charge is 0.493 e. The maximum Gasteiger partial charge on any atom is 0.419 e. The van der Waals surface area contributed by atoms with E-state index in [1.807, 2.05) is 0 Å². The van der Waals surface area contributed by atoms with Crippen LogP contribution in [0.1, 0.15) is 37.4 Å². The summed E-state index contributed by atoms with van der Waals surface area (Å²) in [5.41, 5.74) is -2.88. The molecule has 5 nitrogen and oxygen atoms in total. The molecule has 1 aliphatic rings. The zero-order valence-electron chi connectivity index (χ0n) is 16.6. The van der Waals surface area contributed by atoms with Crippen LogP contribution in [0.5, 0.6) is 5.75 Å². The molecule has 2 atom stereocenters. The summed E-state index contributed by atoms with van der Waals surface area (Å²) in [5.74, 6) is -0.785. The summed E-state index contributed by atoms with van der Waals surface area (Å²) in [4.78, 5) is 0. The van der Waals surface area contributed by atoms with E-state index in [0.29, 0.717) is 22.2 Å². The second-order valence-electron chi connectivity index (χ2n) is 8.24. The number of alkyl halides is 3. The monoisotopic (exact) mass is 423 g/mol. The van der Waals surface area contributed by atoms with Crippen LogP contribution in [0.4, 0.5) is 23.2 Å². The van der Waals surface area contributed by atoms with Gasteiger partial charge in [-0.25, -0.2) is 4.39 Å². The molecular formula is C21H21F4N3O2. The van der Waals surface area contributed by atoms with E-state index in [1.165, 1.54) is 33.2 Å². The van der Waals surface area contributed by atoms with Crippen molar-refractivity contribution in [2.45, 2.75) is 43.5 Å². The standard InChI is InChI=1S/C21H21F4N3O2/c1-19(2)10-20(29,21(23,24)25)18(11-7-8-13(22)17(30-3)16(11)19)27-14-5-4-6-15-12(14)9-26-28-15/h4-9,18,27,29H,10H2,1-3H3,(H,26,28). The third kappa shape index (κ3) is 2.91. The number of anilines is 1. The molecule has 2 aromatic carbocycles. The van der Waals surface area contributed by atoms with Crippen LogP contribution in [0.25, 0.3) is 10.9 Å². The Balaban J connectivity index is 1.97. The van der Waals surface area contributed by atoms with Crippen LogP contribution in [-0.4, -0.2) is 34.2 Å². The minimum atomic E-state index is -4.94. The molecule has 2 unspecified atom stereocenters. The van der Waals surface area contributed by atoms with Crippen molar-refractivity contribution in [1.29, 1.82) is 0 Å². The van der Waals surface area contributed by atoms with Gasteiger partial charge in [0.1, 0.15) is 0 Å². The number of aliphatic hydroxyl groups is 1. The third-order valence-electron chi connectivity index (χ3n) is 5.80. The number of aromatic amines is 1. The maximum atomic E-state index is 14.4. The summed E-state index contributed by atoms with van der Waals surface area (Å²) in [7, 11) is 1.27. The SMILES string of the molecule is COc1c(F)ccc2c1C(C)(C)CC(O)(C(F)(F)F)C2Nc1cccc2[nH]ncc12. The van der Waals surface area contributed by atoms with E-state index < -0.39 is 35.5 Å². The number of nitrogens with one attached hydrogen (secondary N) is 2. The lowest BCUT2D eigenvalue weighted by Gasteiger charge is -2.49. The predicted octanol–water partition coefficient (Wildman–Crippen LogP) is 4.84. The summed E-state index contributed by atoms with van der Waals surface area (Å²) in [5, 5.41) is 21.1. The van der Waals surface area contributed by atoms with Crippen molar-refractivity contribution in [3.8, 4) is 5.75 Å². The van der Waals surface area contributed by atoms with Crippen molar-refractivity contribution in [1.82, 2.24) is 10.2 Å². The van der Waals surface area contributed by atoms with Crippen molar-refractivity contribution >= 4 is 16.6 Å². The number of rotatable bonds is 3. The Kier molecular flexibility index (Phi) is 4.50. The maximum absolute atomic E-state index is 14.4. The van der Waals surface area contributed by atoms with Crippen LogP contribution < -0.4 is 10.1 Å². The molecule has 3 aromatic rings. The number of H-pyrrole nitrogens is 1. The van der Waals surface area contributed by atoms with Crippen LogP contribution in [0.15, 0.2) is 36.5 Å². The molecule has 30 heavy (non-hydrogen) atoms. The molecule has 160 valence electrons. The molecule has 3 N–H and O–H groups in total. The minimum Gasteiger partial charge on any atom is -0.493 e. The van der Waals surface area contributed by atoms with Crippen molar-refractivity contribution < 1.29 is 27.4 Å². The fraction of sp³-hybridized carbons (Fsp3) is 0.381. The molecule has 0 saturated carbocycles. The van der Waals surface area contributed by atoms with Crippen LogP contribution in [0.3, 0.4) is 0 Å². The Morgan fingerprint density at radius 3 is 2.63 bits per heavy atom. The molecule has 0 saturated heterocycles. The van der Waals surface area contributed by atoms with Gasteiger partial charge in [-0.15, -0.1) is 0 Å². The van der Waals surface area contributed by atoms with Crippen LogP contribution in [0.2, 0.25) is 0 Å². The molecule has 0 amide bonds. The quantitative estimate of drug-likeness (QED) is 0.528. The second kappa shape index (κ2) is 6.60. The van der Waals surface area contributed by atoms with Crippen molar-refractivity contribution in [2.75, 3.05) is 12.4 Å². The van der Waals surface area contributed by atoms with Gasteiger partial charge >= 0.3 is 6.18 Å². The number of ether oxygens (including phenoxy) is 1. The summed E-state index contributed by atoms with van der Waals surface area (Å²) in [6, 6.07) is 5.75. The average molecular weight is 423 g/mol. The predicted molar refractivity (Wildman–Crippen MR) is 104 cm³/mol. The van der Waals surface area contributed by atoms with Gasteiger partial charge in [0, 0.05) is 16.6 Å². The fourth-order valence-corrected chi connectivity index (χ4v) is 4.54. The van der Waals surface area contributed by atoms with Crippen molar-refractivity contribution in [3.05, 3.63) is 53.5 Å². The lowest BCUT2D eigenvalue weighted by Crippen LogP contribution is -2.58. The molecule has 4 rings (SSSR count). The van der Waals surface area contributed by atoms with Gasteiger partial charge in [0.25, 0.3) is 0 Å². The van der Waals surface area contributed by atoms with E-state index in [1.54, 1.807) is 18.2 Å². The van der Waals surface area contributed by atoms with Gasteiger partial charge in [-0.3, -0.25) is 5.10 Å². The number of halogens is 4. The first-order chi connectivity index (χ1) is 14.0. The highest BCUT2D eigenvalue weighted by atomic mass is 19.4. The van der Waals surface area contributed by atoms with E-state index in [4.69, 9.17) is 4.74 Å². The van der Waals surface area contributed by atoms with Crippen molar-refractivity contribution in [3.63, 3.8) is 0 Å². The molecular weight excluding hydrogens is 402 g/mol. The van der Waals surface area contributed by atoms with Crippen LogP contribution in [0, 0.1) is 5.82 Å². The Morgan fingerprint density at radius 1 is 1.23 bits per heavy atom. The van der Waals surface area contributed by atoms with Gasteiger partial charge in [-0.2, -0.15) is 18.3 Å². The first-order valence-corrected chi connectivity index (χ1v) is 9.34. The average Bonchev–Trinajstić information content (AvgIpc) is 3.13. The Hall–Kier alpha value is -2.81. The van der Waals surface area contributed by atoms with E-state index in [9.17, 15) is 22.7 Å². The summed E-state index contributed by atoms with van der Waals surface area (Å²) in [6.07, 6.45) is -4.12. The topological polar surface area (TPSA) is 70.2 Å². The number of methoxy groups -OCH3 is 1. The molecule has 1 aromatic heterocycles. The van der Waals surface area contributed by atoms with E-state index in [0.717, 1.165) is 6.07 Å². The Bertz CT molecular complexity index is 1110. The molecule has 1 heterocycles. The molecule has 0 aliphatic heterocycles. The summed E-state index contributed by atoms with van der Waals surface area (Å²) in [6.45, 7) is 3.08. The van der Waals surface area contributed by atoms with E-state index >= 15 is 0 Å². The van der Waals surface area contributed by atoms with E-state index in [-0.39, 0.29) is 11.3 Å². The number of fused-ring (bicyclic) bond motifs is 2. The van der Waals surface area contributed by atoms with Gasteiger partial charge in [0.2, 0.25) is 0 Å². The molecule has 0 fully saturated rings. The fourth-order valence-electron chi connectivity index (χ4n) is 4.54. The normalized spacial score (nSPS) is 23.3. The smallest absolute Gasteiger partial charge is 0.419 e.